The summed E-state index contributed by atoms with van der Waals surface area (Å²) in [5.41, 5.74) is 0.562. The Morgan fingerprint density at radius 2 is 2.10 bits per heavy atom. The summed E-state index contributed by atoms with van der Waals surface area (Å²) in [6.07, 6.45) is 0.223. The molecule has 1 fully saturated rings. The van der Waals surface area contributed by atoms with Gasteiger partial charge in [0.05, 0.1) is 24.8 Å². The fourth-order valence-electron chi connectivity index (χ4n) is 2.17. The van der Waals surface area contributed by atoms with Crippen molar-refractivity contribution in [2.45, 2.75) is 20.3 Å². The van der Waals surface area contributed by atoms with Gasteiger partial charge in [-0.1, -0.05) is 0 Å². The molecule has 6 heteroatoms. The van der Waals surface area contributed by atoms with Crippen molar-refractivity contribution in [2.75, 3.05) is 25.1 Å². The summed E-state index contributed by atoms with van der Waals surface area (Å²) >= 11 is 0. The first-order chi connectivity index (χ1) is 10.1. The Balaban J connectivity index is 2.13. The molecule has 2 rings (SSSR count). The Bertz CT molecular complexity index is 530. The molecular weight excluding hydrogens is 272 g/mol. The number of hydrogen-bond acceptors (Lipinski definition) is 4. The van der Waals surface area contributed by atoms with Crippen LogP contribution in [0.25, 0.3) is 0 Å². The third-order valence-corrected chi connectivity index (χ3v) is 3.17. The highest BCUT2D eigenvalue weighted by Gasteiger charge is 2.28. The summed E-state index contributed by atoms with van der Waals surface area (Å²) < 4.78 is 10.9. The lowest BCUT2D eigenvalue weighted by Gasteiger charge is -2.15. The highest BCUT2D eigenvalue weighted by molar-refractivity contribution is 5.98. The van der Waals surface area contributed by atoms with Crippen LogP contribution in [0.3, 0.4) is 0 Å². The van der Waals surface area contributed by atoms with Crippen molar-refractivity contribution in [1.29, 1.82) is 0 Å². The average molecular weight is 292 g/mol. The van der Waals surface area contributed by atoms with Crippen LogP contribution in [0.15, 0.2) is 18.2 Å². The van der Waals surface area contributed by atoms with E-state index < -0.39 is 0 Å². The van der Waals surface area contributed by atoms with E-state index >= 15 is 0 Å². The summed E-state index contributed by atoms with van der Waals surface area (Å²) in [7, 11) is 0. The first kappa shape index (κ1) is 15.2. The number of ether oxygens (including phenoxy) is 2. The zero-order chi connectivity index (χ0) is 15.2. The number of hydrogen-bond donors (Lipinski definition) is 2. The lowest BCUT2D eigenvalue weighted by atomic mass is 10.1. The maximum atomic E-state index is 12.2. The van der Waals surface area contributed by atoms with Gasteiger partial charge >= 0.3 is 0 Å². The van der Waals surface area contributed by atoms with Gasteiger partial charge in [-0.15, -0.1) is 0 Å². The largest absolute Gasteiger partial charge is 0.494 e. The molecule has 0 spiro atoms. The van der Waals surface area contributed by atoms with Crippen molar-refractivity contribution < 1.29 is 19.1 Å². The van der Waals surface area contributed by atoms with E-state index in [1.165, 1.54) is 0 Å². The molecule has 0 radical (unpaired) electrons. The monoisotopic (exact) mass is 292 g/mol. The predicted molar refractivity (Wildman–Crippen MR) is 78.5 cm³/mol. The van der Waals surface area contributed by atoms with Gasteiger partial charge in [0.1, 0.15) is 11.5 Å². The van der Waals surface area contributed by atoms with E-state index in [-0.39, 0.29) is 24.2 Å². The smallest absolute Gasteiger partial charge is 0.229 e. The molecule has 21 heavy (non-hydrogen) atoms. The molecule has 2 amide bonds. The quantitative estimate of drug-likeness (QED) is 0.834. The van der Waals surface area contributed by atoms with Crippen molar-refractivity contribution in [1.82, 2.24) is 5.32 Å². The van der Waals surface area contributed by atoms with Crippen LogP contribution in [0.4, 0.5) is 5.69 Å². The van der Waals surface area contributed by atoms with Crippen molar-refractivity contribution in [2.24, 2.45) is 5.92 Å². The maximum absolute atomic E-state index is 12.2. The van der Waals surface area contributed by atoms with Crippen LogP contribution in [0.5, 0.6) is 11.5 Å². The molecular formula is C15H20N2O4. The first-order valence-corrected chi connectivity index (χ1v) is 7.11. The van der Waals surface area contributed by atoms with Crippen LogP contribution in [0.1, 0.15) is 20.3 Å². The number of amides is 2. The molecule has 1 heterocycles. The Morgan fingerprint density at radius 1 is 1.33 bits per heavy atom. The normalized spacial score (nSPS) is 17.2. The van der Waals surface area contributed by atoms with Crippen molar-refractivity contribution in [3.63, 3.8) is 0 Å². The standard InChI is InChI=1S/C15H20N2O4/c1-3-20-11-5-6-13(21-4-2)12(8-11)17-15(19)10-7-14(18)16-9-10/h5-6,8,10H,3-4,7,9H2,1-2H3,(H,16,18)(H,17,19). The van der Waals surface area contributed by atoms with Crippen molar-refractivity contribution in [3.8, 4) is 11.5 Å². The summed E-state index contributed by atoms with van der Waals surface area (Å²) in [5, 5.41) is 5.47. The number of carbonyl (C=O) groups excluding carboxylic acids is 2. The van der Waals surface area contributed by atoms with E-state index in [4.69, 9.17) is 9.47 Å². The molecule has 1 aromatic rings. The SMILES string of the molecule is CCOc1ccc(OCC)c(NC(=O)C2CNC(=O)C2)c1. The van der Waals surface area contributed by atoms with Crippen LogP contribution in [0.2, 0.25) is 0 Å². The lowest BCUT2D eigenvalue weighted by molar-refractivity contribution is -0.123. The fraction of sp³-hybridized carbons (Fsp3) is 0.467. The average Bonchev–Trinajstić information content (AvgIpc) is 2.89. The van der Waals surface area contributed by atoms with Crippen LogP contribution in [-0.2, 0) is 9.59 Å². The van der Waals surface area contributed by atoms with Gasteiger partial charge in [0.25, 0.3) is 0 Å². The number of carbonyl (C=O) groups is 2. The maximum Gasteiger partial charge on any atom is 0.229 e. The number of benzene rings is 1. The molecule has 0 aliphatic carbocycles. The van der Waals surface area contributed by atoms with E-state index in [0.29, 0.717) is 36.9 Å². The third kappa shape index (κ3) is 3.87. The molecule has 1 aliphatic rings. The Morgan fingerprint density at radius 3 is 2.71 bits per heavy atom. The van der Waals surface area contributed by atoms with Gasteiger partial charge in [-0.05, 0) is 26.0 Å². The molecule has 114 valence electrons. The molecule has 0 saturated carbocycles. The fourth-order valence-corrected chi connectivity index (χ4v) is 2.17. The van der Waals surface area contributed by atoms with Crippen LogP contribution >= 0.6 is 0 Å². The zero-order valence-corrected chi connectivity index (χ0v) is 12.3. The van der Waals surface area contributed by atoms with Gasteiger partial charge in [0, 0.05) is 19.0 Å². The third-order valence-electron chi connectivity index (χ3n) is 3.17. The van der Waals surface area contributed by atoms with Crippen molar-refractivity contribution in [3.05, 3.63) is 18.2 Å². The van der Waals surface area contributed by atoms with Crippen LogP contribution in [-0.4, -0.2) is 31.6 Å². The van der Waals surface area contributed by atoms with E-state index in [0.717, 1.165) is 0 Å². The van der Waals surface area contributed by atoms with Gasteiger partial charge in [0.15, 0.2) is 0 Å². The highest BCUT2D eigenvalue weighted by Crippen LogP contribution is 2.30. The summed E-state index contributed by atoms with van der Waals surface area (Å²) in [5.74, 6) is 0.623. The topological polar surface area (TPSA) is 76.7 Å². The second-order valence-electron chi connectivity index (χ2n) is 4.72. The minimum atomic E-state index is -0.345. The van der Waals surface area contributed by atoms with Crippen LogP contribution in [0, 0.1) is 5.92 Å². The number of nitrogens with one attached hydrogen (secondary N) is 2. The van der Waals surface area contributed by atoms with Gasteiger partial charge < -0.3 is 20.1 Å². The number of anilines is 1. The molecule has 1 unspecified atom stereocenters. The second kappa shape index (κ2) is 6.97. The minimum absolute atomic E-state index is 0.0942. The Hall–Kier alpha value is -2.24. The minimum Gasteiger partial charge on any atom is -0.494 e. The van der Waals surface area contributed by atoms with Crippen molar-refractivity contribution >= 4 is 17.5 Å². The first-order valence-electron chi connectivity index (χ1n) is 7.11. The molecule has 2 N–H and O–H groups in total. The number of rotatable bonds is 6. The lowest BCUT2D eigenvalue weighted by Crippen LogP contribution is -2.25. The van der Waals surface area contributed by atoms with Gasteiger partial charge in [-0.3, -0.25) is 9.59 Å². The van der Waals surface area contributed by atoms with Gasteiger partial charge in [-0.25, -0.2) is 0 Å². The van der Waals surface area contributed by atoms with E-state index in [1.807, 2.05) is 13.8 Å². The Kier molecular flexibility index (Phi) is 5.03. The van der Waals surface area contributed by atoms with E-state index in [9.17, 15) is 9.59 Å². The zero-order valence-electron chi connectivity index (χ0n) is 12.3. The molecule has 0 aromatic heterocycles. The molecule has 1 aliphatic heterocycles. The molecule has 1 saturated heterocycles. The van der Waals surface area contributed by atoms with Crippen LogP contribution < -0.4 is 20.1 Å². The van der Waals surface area contributed by atoms with Gasteiger partial charge in [-0.2, -0.15) is 0 Å². The highest BCUT2D eigenvalue weighted by atomic mass is 16.5. The molecule has 1 aromatic carbocycles. The molecule has 1 atom stereocenters. The second-order valence-corrected chi connectivity index (χ2v) is 4.72. The predicted octanol–water partition coefficient (Wildman–Crippen LogP) is 1.56. The molecule has 0 bridgehead atoms. The molecule has 6 nitrogen and oxygen atoms in total. The summed E-state index contributed by atoms with van der Waals surface area (Å²) in [4.78, 5) is 23.4. The summed E-state index contributed by atoms with van der Waals surface area (Å²) in [6, 6.07) is 5.30. The summed E-state index contributed by atoms with van der Waals surface area (Å²) in [6.45, 7) is 5.19. The van der Waals surface area contributed by atoms with E-state index in [2.05, 4.69) is 10.6 Å². The van der Waals surface area contributed by atoms with E-state index in [1.54, 1.807) is 18.2 Å². The van der Waals surface area contributed by atoms with Gasteiger partial charge in [0.2, 0.25) is 11.8 Å². The Labute approximate surface area is 123 Å².